The van der Waals surface area contributed by atoms with Crippen LogP contribution in [0, 0.1) is 5.92 Å². The molecule has 4 atom stereocenters. The topological polar surface area (TPSA) is 93.1 Å². The van der Waals surface area contributed by atoms with Gasteiger partial charge in [-0.15, -0.1) is 0 Å². The molecule has 6 rings (SSSR count). The highest BCUT2D eigenvalue weighted by molar-refractivity contribution is 7.96. The summed E-state index contributed by atoms with van der Waals surface area (Å²) in [5.74, 6) is -1.53. The van der Waals surface area contributed by atoms with Crippen molar-refractivity contribution in [3.8, 4) is 5.75 Å². The fraction of sp³-hybridized carbons (Fsp3) is 0.211. The van der Waals surface area contributed by atoms with E-state index >= 15 is 0 Å². The van der Waals surface area contributed by atoms with Gasteiger partial charge >= 0.3 is 5.97 Å². The summed E-state index contributed by atoms with van der Waals surface area (Å²) in [7, 11) is 0. The second kappa shape index (κ2) is 13.3. The maximum Gasteiger partial charge on any atom is 0.356 e. The maximum atomic E-state index is 14.5. The standard InChI is InChI=1S/C38H36NO6P/c1-3-23-44-38(43)37(46(28-16-7-4-8-17-28,29-18-9-5-10-19-29)30-20-11-6-12-21-30)39-31(35(26(2)40)36(39)42)25-32(41)34-24-27-15-13-14-22-33(27)45-34/h3-22,26,31,34-35,40H,1,23-25H2,2H3/t26-,31-,34-,35-/m1/s1. The molecule has 2 aliphatic rings. The number of benzene rings is 4. The molecule has 2 heterocycles. The highest BCUT2D eigenvalue weighted by Crippen LogP contribution is 2.50. The number of rotatable bonds is 11. The van der Waals surface area contributed by atoms with Crippen molar-refractivity contribution in [2.45, 2.75) is 38.0 Å². The number of amides is 1. The van der Waals surface area contributed by atoms with E-state index in [2.05, 4.69) is 6.58 Å². The minimum atomic E-state index is -3.14. The number of likely N-dealkylation sites (tertiary alicyclic amines) is 1. The molecule has 0 saturated carbocycles. The molecule has 1 saturated heterocycles. The number of hydrogen-bond acceptors (Lipinski definition) is 6. The second-order valence-electron chi connectivity index (χ2n) is 11.5. The van der Waals surface area contributed by atoms with Crippen LogP contribution in [0.5, 0.6) is 5.75 Å². The zero-order chi connectivity index (χ0) is 32.3. The third-order valence-corrected chi connectivity index (χ3v) is 12.9. The molecular weight excluding hydrogens is 597 g/mol. The average Bonchev–Trinajstić information content (AvgIpc) is 3.53. The molecule has 1 N–H and O–H groups in total. The molecule has 8 heteroatoms. The summed E-state index contributed by atoms with van der Waals surface area (Å²) >= 11 is 0. The van der Waals surface area contributed by atoms with Gasteiger partial charge in [-0.2, -0.15) is 0 Å². The lowest BCUT2D eigenvalue weighted by atomic mass is 9.79. The van der Waals surface area contributed by atoms with Crippen molar-refractivity contribution in [3.63, 3.8) is 0 Å². The number of hydrogen-bond donors (Lipinski definition) is 1. The van der Waals surface area contributed by atoms with E-state index in [0.717, 1.165) is 21.5 Å². The summed E-state index contributed by atoms with van der Waals surface area (Å²) in [4.78, 5) is 44.1. The number of aliphatic hydroxyl groups is 1. The smallest absolute Gasteiger partial charge is 0.356 e. The number of para-hydroxylation sites is 1. The van der Waals surface area contributed by atoms with Crippen molar-refractivity contribution in [2.24, 2.45) is 5.92 Å². The van der Waals surface area contributed by atoms with Crippen LogP contribution in [0.3, 0.4) is 0 Å². The first-order valence-corrected chi connectivity index (χ1v) is 17.2. The van der Waals surface area contributed by atoms with Gasteiger partial charge in [0.05, 0.1) is 18.1 Å². The molecule has 1 amide bonds. The average molecular weight is 634 g/mol. The molecule has 0 aliphatic carbocycles. The Morgan fingerprint density at radius 2 is 1.43 bits per heavy atom. The van der Waals surface area contributed by atoms with Gasteiger partial charge in [0.1, 0.15) is 17.8 Å². The Morgan fingerprint density at radius 1 is 0.913 bits per heavy atom. The van der Waals surface area contributed by atoms with Crippen LogP contribution >= 0.6 is 6.89 Å². The first kappa shape index (κ1) is 31.3. The van der Waals surface area contributed by atoms with Crippen molar-refractivity contribution in [2.75, 3.05) is 6.61 Å². The molecule has 0 aromatic heterocycles. The number of carbonyl (C=O) groups excluding carboxylic acids is 3. The van der Waals surface area contributed by atoms with E-state index in [-0.39, 0.29) is 24.2 Å². The van der Waals surface area contributed by atoms with Crippen LogP contribution in [0.4, 0.5) is 0 Å². The molecule has 7 nitrogen and oxygen atoms in total. The number of carbonyl (C=O) groups is 3. The Labute approximate surface area is 269 Å². The molecule has 46 heavy (non-hydrogen) atoms. The van der Waals surface area contributed by atoms with Gasteiger partial charge in [0, 0.05) is 19.7 Å². The quantitative estimate of drug-likeness (QED) is 0.116. The first-order chi connectivity index (χ1) is 22.4. The summed E-state index contributed by atoms with van der Waals surface area (Å²) in [6, 6.07) is 35.7. The lowest BCUT2D eigenvalue weighted by Crippen LogP contribution is -2.69. The highest BCUT2D eigenvalue weighted by atomic mass is 31.2. The summed E-state index contributed by atoms with van der Waals surface area (Å²) in [6.07, 6.45) is 0.0261. The second-order valence-corrected chi connectivity index (χ2v) is 14.8. The third-order valence-electron chi connectivity index (χ3n) is 8.70. The number of ether oxygens (including phenoxy) is 2. The molecule has 1 fully saturated rings. The fourth-order valence-electron chi connectivity index (χ4n) is 6.64. The van der Waals surface area contributed by atoms with Crippen LogP contribution in [0.1, 0.15) is 18.9 Å². The van der Waals surface area contributed by atoms with Crippen LogP contribution in [0.25, 0.3) is 0 Å². The van der Waals surface area contributed by atoms with Crippen LogP contribution in [0.15, 0.2) is 128 Å². The molecule has 0 spiro atoms. The van der Waals surface area contributed by atoms with Gasteiger partial charge in [-0.1, -0.05) is 122 Å². The lowest BCUT2D eigenvalue weighted by Gasteiger charge is -2.50. The summed E-state index contributed by atoms with van der Waals surface area (Å²) in [5, 5.41) is 13.4. The minimum Gasteiger partial charge on any atom is -0.482 e. The monoisotopic (exact) mass is 633 g/mol. The Hall–Kier alpha value is -4.71. The normalized spacial score (nSPS) is 19.3. The zero-order valence-electron chi connectivity index (χ0n) is 25.6. The van der Waals surface area contributed by atoms with E-state index in [1.165, 1.54) is 11.0 Å². The molecule has 234 valence electrons. The van der Waals surface area contributed by atoms with E-state index in [4.69, 9.17) is 9.47 Å². The van der Waals surface area contributed by atoms with Crippen molar-refractivity contribution in [3.05, 3.63) is 133 Å². The number of aliphatic hydroxyl groups excluding tert-OH is 1. The van der Waals surface area contributed by atoms with Gasteiger partial charge in [0.15, 0.2) is 11.9 Å². The van der Waals surface area contributed by atoms with Gasteiger partial charge in [-0.25, -0.2) is 4.79 Å². The number of Topliss-reactive ketones (excluding diaryl/α,β-unsaturated/α-hetero) is 1. The van der Waals surface area contributed by atoms with Gasteiger partial charge in [0.2, 0.25) is 5.91 Å². The van der Waals surface area contributed by atoms with Crippen LogP contribution in [-0.2, 0) is 25.5 Å². The molecule has 0 unspecified atom stereocenters. The zero-order valence-corrected chi connectivity index (χ0v) is 26.5. The van der Waals surface area contributed by atoms with Gasteiger partial charge in [-0.05, 0) is 34.5 Å². The summed E-state index contributed by atoms with van der Waals surface area (Å²) in [6.45, 7) is 2.06. The summed E-state index contributed by atoms with van der Waals surface area (Å²) < 4.78 is 11.8. The van der Waals surface area contributed by atoms with E-state index < -0.39 is 42.9 Å². The number of nitrogens with zero attached hydrogens (tertiary/aromatic N) is 1. The molecule has 0 radical (unpaired) electrons. The van der Waals surface area contributed by atoms with Gasteiger partial charge < -0.3 is 19.5 Å². The van der Waals surface area contributed by atoms with E-state index in [9.17, 15) is 19.5 Å². The Morgan fingerprint density at radius 3 is 1.93 bits per heavy atom. The van der Waals surface area contributed by atoms with Crippen molar-refractivity contribution in [1.29, 1.82) is 0 Å². The minimum absolute atomic E-state index is 0.0691. The molecular formula is C38H36NO6P. The third kappa shape index (κ3) is 5.51. The number of fused-ring (bicyclic) bond motifs is 1. The molecule has 4 aromatic carbocycles. The van der Waals surface area contributed by atoms with Crippen molar-refractivity contribution >= 4 is 45.9 Å². The predicted octanol–water partition coefficient (Wildman–Crippen LogP) is 4.01. The predicted molar refractivity (Wildman–Crippen MR) is 181 cm³/mol. The largest absolute Gasteiger partial charge is 0.482 e. The number of ketones is 1. The Bertz CT molecular complexity index is 1680. The SMILES string of the molecule is C=CCOC(=O)C(N1C(=O)[C@H]([C@@H](C)O)[C@H]1CC(=O)[C@H]1Cc2ccccc2O1)=P(c1ccccc1)(c1ccccc1)c1ccccc1. The molecule has 2 aliphatic heterocycles. The molecule has 4 aromatic rings. The first-order valence-electron chi connectivity index (χ1n) is 15.4. The van der Waals surface area contributed by atoms with Crippen molar-refractivity contribution in [1.82, 2.24) is 4.90 Å². The van der Waals surface area contributed by atoms with Crippen LogP contribution < -0.4 is 20.7 Å². The van der Waals surface area contributed by atoms with E-state index in [0.29, 0.717) is 12.2 Å². The Kier molecular flexibility index (Phi) is 9.07. The lowest BCUT2D eigenvalue weighted by molar-refractivity contribution is -0.159. The van der Waals surface area contributed by atoms with Gasteiger partial charge in [0.25, 0.3) is 0 Å². The van der Waals surface area contributed by atoms with E-state index in [1.807, 2.05) is 115 Å². The van der Waals surface area contributed by atoms with Crippen molar-refractivity contribution < 1.29 is 29.0 Å². The fourth-order valence-corrected chi connectivity index (χ4v) is 11.0. The van der Waals surface area contributed by atoms with Crippen LogP contribution in [-0.4, -0.2) is 57.9 Å². The maximum absolute atomic E-state index is 14.5. The highest BCUT2D eigenvalue weighted by Gasteiger charge is 2.56. The van der Waals surface area contributed by atoms with Gasteiger partial charge in [-0.3, -0.25) is 9.59 Å². The molecule has 0 bridgehead atoms. The summed E-state index contributed by atoms with van der Waals surface area (Å²) in [5.41, 5.74) is 1.10. The number of β-lactam (4-membered cyclic amide) rings is 1. The number of esters is 1. The van der Waals surface area contributed by atoms with Crippen LogP contribution in [0.2, 0.25) is 0 Å². The Balaban J connectivity index is 1.59. The van der Waals surface area contributed by atoms with E-state index in [1.54, 1.807) is 6.92 Å².